The number of nitrogens with two attached hydrogens (primary N) is 1. The van der Waals surface area contributed by atoms with Crippen LogP contribution in [0.15, 0.2) is 6.20 Å². The van der Waals surface area contributed by atoms with Crippen LogP contribution in [-0.4, -0.2) is 18.2 Å². The molecule has 2 unspecified atom stereocenters. The summed E-state index contributed by atoms with van der Waals surface area (Å²) in [5, 5.41) is -0.845. The van der Waals surface area contributed by atoms with Crippen molar-refractivity contribution in [3.8, 4) is 0 Å². The van der Waals surface area contributed by atoms with Crippen LogP contribution in [0.1, 0.15) is 35.7 Å². The highest BCUT2D eigenvalue weighted by molar-refractivity contribution is 7.11. The van der Waals surface area contributed by atoms with E-state index in [0.717, 1.165) is 0 Å². The van der Waals surface area contributed by atoms with Gasteiger partial charge in [-0.3, -0.25) is 0 Å². The van der Waals surface area contributed by atoms with E-state index < -0.39 is 17.2 Å². The summed E-state index contributed by atoms with van der Waals surface area (Å²) in [6.45, 7) is 1.89. The Labute approximate surface area is 102 Å². The number of hydrogen-bond acceptors (Lipinski definition) is 4. The minimum absolute atomic E-state index is 0.0519. The first-order valence-corrected chi connectivity index (χ1v) is 5.97. The van der Waals surface area contributed by atoms with Crippen LogP contribution in [0.5, 0.6) is 0 Å². The molecule has 1 aromatic heterocycles. The topological polar surface area (TPSA) is 48.1 Å². The lowest BCUT2D eigenvalue weighted by Gasteiger charge is -2.12. The molecule has 0 saturated carbocycles. The van der Waals surface area contributed by atoms with Crippen LogP contribution in [0.4, 0.5) is 13.2 Å². The van der Waals surface area contributed by atoms with Gasteiger partial charge in [-0.1, -0.05) is 0 Å². The molecule has 0 bridgehead atoms. The van der Waals surface area contributed by atoms with Gasteiger partial charge in [0.1, 0.15) is 0 Å². The molecular weight excluding hydrogens is 253 g/mol. The number of thiazole rings is 1. The Hall–Kier alpha value is -0.660. The lowest BCUT2D eigenvalue weighted by Crippen LogP contribution is -2.13. The Bertz CT molecular complexity index is 354. The zero-order valence-corrected chi connectivity index (χ0v) is 10.4. The fourth-order valence-electron chi connectivity index (χ4n) is 1.26. The first-order valence-electron chi connectivity index (χ1n) is 5.16. The van der Waals surface area contributed by atoms with Gasteiger partial charge in [0.05, 0.1) is 6.10 Å². The van der Waals surface area contributed by atoms with Gasteiger partial charge in [0.25, 0.3) is 0 Å². The molecular formula is C10H15F3N2OS. The Balaban J connectivity index is 2.58. The lowest BCUT2D eigenvalue weighted by atomic mass is 10.1. The average Bonchev–Trinajstić information content (AvgIpc) is 2.74. The molecule has 1 heterocycles. The predicted molar refractivity (Wildman–Crippen MR) is 59.7 cm³/mol. The molecule has 7 heteroatoms. The second kappa shape index (κ2) is 5.79. The first kappa shape index (κ1) is 14.4. The quantitative estimate of drug-likeness (QED) is 0.893. The number of methoxy groups -OCH3 is 1. The van der Waals surface area contributed by atoms with Crippen LogP contribution < -0.4 is 5.73 Å². The SMILES string of the molecule is COC(C)CCC(N)c1cnc(C(F)(F)F)s1. The van der Waals surface area contributed by atoms with Crippen LogP contribution in [-0.2, 0) is 10.9 Å². The van der Waals surface area contributed by atoms with E-state index in [2.05, 4.69) is 4.98 Å². The van der Waals surface area contributed by atoms with Crippen LogP contribution in [0.3, 0.4) is 0 Å². The molecule has 0 saturated heterocycles. The van der Waals surface area contributed by atoms with Crippen LogP contribution in [0.2, 0.25) is 0 Å². The summed E-state index contributed by atoms with van der Waals surface area (Å²) >= 11 is 0.605. The van der Waals surface area contributed by atoms with E-state index in [4.69, 9.17) is 10.5 Å². The van der Waals surface area contributed by atoms with Crippen molar-refractivity contribution in [2.24, 2.45) is 5.73 Å². The molecule has 0 amide bonds. The van der Waals surface area contributed by atoms with Crippen LogP contribution in [0, 0.1) is 0 Å². The second-order valence-corrected chi connectivity index (χ2v) is 4.86. The maximum absolute atomic E-state index is 12.3. The van der Waals surface area contributed by atoms with Gasteiger partial charge >= 0.3 is 6.18 Å². The van der Waals surface area contributed by atoms with Crippen molar-refractivity contribution in [2.75, 3.05) is 7.11 Å². The molecule has 17 heavy (non-hydrogen) atoms. The largest absolute Gasteiger partial charge is 0.443 e. The Kier molecular flexibility index (Phi) is 4.91. The predicted octanol–water partition coefficient (Wildman–Crippen LogP) is 2.98. The van der Waals surface area contributed by atoms with Crippen LogP contribution in [0.25, 0.3) is 0 Å². The molecule has 1 rings (SSSR count). The Morgan fingerprint density at radius 3 is 2.59 bits per heavy atom. The van der Waals surface area contributed by atoms with Crippen molar-refractivity contribution in [1.82, 2.24) is 4.98 Å². The number of rotatable bonds is 5. The van der Waals surface area contributed by atoms with Crippen molar-refractivity contribution in [2.45, 2.75) is 38.1 Å². The molecule has 1 aromatic rings. The maximum Gasteiger partial charge on any atom is 0.443 e. The summed E-state index contributed by atoms with van der Waals surface area (Å²) in [6.07, 6.45) is -1.85. The fraction of sp³-hybridized carbons (Fsp3) is 0.700. The minimum Gasteiger partial charge on any atom is -0.382 e. The summed E-state index contributed by atoms with van der Waals surface area (Å²) < 4.78 is 42.0. The van der Waals surface area contributed by atoms with Crippen molar-refractivity contribution >= 4 is 11.3 Å². The number of alkyl halides is 3. The molecule has 0 aliphatic heterocycles. The summed E-state index contributed by atoms with van der Waals surface area (Å²) in [7, 11) is 1.59. The monoisotopic (exact) mass is 268 g/mol. The molecule has 0 radical (unpaired) electrons. The van der Waals surface area contributed by atoms with E-state index in [1.165, 1.54) is 6.20 Å². The smallest absolute Gasteiger partial charge is 0.382 e. The van der Waals surface area contributed by atoms with Gasteiger partial charge in [0.15, 0.2) is 5.01 Å². The normalized spacial score (nSPS) is 15.9. The number of ether oxygens (including phenoxy) is 1. The maximum atomic E-state index is 12.3. The molecule has 0 aliphatic rings. The fourth-order valence-corrected chi connectivity index (χ4v) is 2.08. The van der Waals surface area contributed by atoms with E-state index >= 15 is 0 Å². The third-order valence-electron chi connectivity index (χ3n) is 2.42. The standard InChI is InChI=1S/C10H15F3N2OS/c1-6(16-2)3-4-7(14)8-5-15-9(17-8)10(11,12)13/h5-7H,3-4,14H2,1-2H3. The number of hydrogen-bond donors (Lipinski definition) is 1. The van der Waals surface area contributed by atoms with E-state index in [1.807, 2.05) is 6.92 Å². The Morgan fingerprint density at radius 1 is 1.47 bits per heavy atom. The number of aromatic nitrogens is 1. The molecule has 2 atom stereocenters. The molecule has 98 valence electrons. The van der Waals surface area contributed by atoms with Crippen molar-refractivity contribution in [1.29, 1.82) is 0 Å². The third-order valence-corrected chi connectivity index (χ3v) is 3.59. The number of nitrogens with zero attached hydrogens (tertiary/aromatic N) is 1. The molecule has 2 N–H and O–H groups in total. The summed E-state index contributed by atoms with van der Waals surface area (Å²) in [5.74, 6) is 0. The first-order chi connectivity index (χ1) is 7.84. The van der Waals surface area contributed by atoms with Gasteiger partial charge in [-0.15, -0.1) is 11.3 Å². The number of halogens is 3. The molecule has 0 aromatic carbocycles. The molecule has 0 spiro atoms. The van der Waals surface area contributed by atoms with Gasteiger partial charge < -0.3 is 10.5 Å². The highest BCUT2D eigenvalue weighted by Gasteiger charge is 2.35. The molecule has 3 nitrogen and oxygen atoms in total. The second-order valence-electron chi connectivity index (χ2n) is 3.80. The van der Waals surface area contributed by atoms with E-state index in [1.54, 1.807) is 7.11 Å². The van der Waals surface area contributed by atoms with Gasteiger partial charge in [-0.25, -0.2) is 4.98 Å². The van der Waals surface area contributed by atoms with Gasteiger partial charge in [0, 0.05) is 24.2 Å². The van der Waals surface area contributed by atoms with E-state index in [9.17, 15) is 13.2 Å². The average molecular weight is 268 g/mol. The highest BCUT2D eigenvalue weighted by atomic mass is 32.1. The minimum atomic E-state index is -4.39. The molecule has 0 fully saturated rings. The highest BCUT2D eigenvalue weighted by Crippen LogP contribution is 2.34. The zero-order chi connectivity index (χ0) is 13.1. The van der Waals surface area contributed by atoms with Gasteiger partial charge in [-0.2, -0.15) is 13.2 Å². The van der Waals surface area contributed by atoms with Gasteiger partial charge in [0.2, 0.25) is 0 Å². The molecule has 0 aliphatic carbocycles. The summed E-state index contributed by atoms with van der Waals surface area (Å²) in [6, 6.07) is -0.416. The Morgan fingerprint density at radius 2 is 2.12 bits per heavy atom. The van der Waals surface area contributed by atoms with Crippen LogP contribution >= 0.6 is 11.3 Å². The summed E-state index contributed by atoms with van der Waals surface area (Å²) in [4.78, 5) is 3.80. The van der Waals surface area contributed by atoms with E-state index in [0.29, 0.717) is 29.1 Å². The van der Waals surface area contributed by atoms with E-state index in [-0.39, 0.29) is 6.10 Å². The zero-order valence-electron chi connectivity index (χ0n) is 9.62. The summed E-state index contributed by atoms with van der Waals surface area (Å²) in [5.41, 5.74) is 5.80. The van der Waals surface area contributed by atoms with Crippen molar-refractivity contribution in [3.05, 3.63) is 16.1 Å². The third kappa shape index (κ3) is 4.25. The van der Waals surface area contributed by atoms with Crippen molar-refractivity contribution in [3.63, 3.8) is 0 Å². The lowest BCUT2D eigenvalue weighted by molar-refractivity contribution is -0.137. The van der Waals surface area contributed by atoms with Gasteiger partial charge in [-0.05, 0) is 19.8 Å². The van der Waals surface area contributed by atoms with Crippen molar-refractivity contribution < 1.29 is 17.9 Å².